The van der Waals surface area contributed by atoms with Gasteiger partial charge in [0, 0.05) is 25.7 Å². The van der Waals surface area contributed by atoms with Crippen LogP contribution in [0.15, 0.2) is 0 Å². The van der Waals surface area contributed by atoms with Gasteiger partial charge in [-0.3, -0.25) is 0 Å². The van der Waals surface area contributed by atoms with Crippen LogP contribution < -0.4 is 0 Å². The normalized spacial score (nSPS) is 26.0. The average molecular weight is 465 g/mol. The van der Waals surface area contributed by atoms with E-state index < -0.39 is 12.8 Å². The standard InChI is InChI=1S/C8H16N.Au.4ClH/c1-2-6-9(5-1)7-3-4-8-9;;;;;/h1-8H2;;4*1H/q+1;+3;;;;/p-4. The third-order valence-corrected chi connectivity index (χ3v) is 3.03. The minimum atomic E-state index is -3.00. The van der Waals surface area contributed by atoms with Gasteiger partial charge in [0.25, 0.3) is 0 Å². The van der Waals surface area contributed by atoms with Crippen LogP contribution in [0.3, 0.4) is 0 Å². The first-order valence-electron chi connectivity index (χ1n) is 4.72. The molecule has 1 nitrogen and oxygen atoms in total. The molecule has 2 fully saturated rings. The molecule has 2 aliphatic rings. The number of nitrogens with zero attached hydrogens (tertiary/aromatic N) is 1. The third kappa shape index (κ3) is 5.81. The average Bonchev–Trinajstić information content (AvgIpc) is 2.61. The van der Waals surface area contributed by atoms with Crippen molar-refractivity contribution in [3.63, 3.8) is 0 Å². The summed E-state index contributed by atoms with van der Waals surface area (Å²) < 4.78 is 1.50. The maximum absolute atomic E-state index is 5.00. The molecular formula is C8H16AuCl4N. The van der Waals surface area contributed by atoms with E-state index in [4.69, 9.17) is 36.8 Å². The molecule has 0 aliphatic carbocycles. The summed E-state index contributed by atoms with van der Waals surface area (Å²) in [6, 6.07) is 0. The van der Waals surface area contributed by atoms with E-state index in [2.05, 4.69) is 0 Å². The van der Waals surface area contributed by atoms with Crippen LogP contribution >= 0.6 is 36.8 Å². The molecule has 0 N–H and O–H groups in total. The van der Waals surface area contributed by atoms with Crippen molar-refractivity contribution in [3.05, 3.63) is 0 Å². The minimum absolute atomic E-state index is 1.50. The SMILES string of the molecule is C1CC[N+]2(C1)CCCC2.[Cl][Au-]([Cl])([Cl])[Cl]. The van der Waals surface area contributed by atoms with E-state index in [9.17, 15) is 0 Å². The summed E-state index contributed by atoms with van der Waals surface area (Å²) in [5, 5.41) is 0. The van der Waals surface area contributed by atoms with Crippen molar-refractivity contribution in [1.82, 2.24) is 0 Å². The fraction of sp³-hybridized carbons (Fsp3) is 1.00. The van der Waals surface area contributed by atoms with Gasteiger partial charge in [-0.25, -0.2) is 0 Å². The Hall–Kier alpha value is 1.86. The molecular weight excluding hydrogens is 449 g/mol. The summed E-state index contributed by atoms with van der Waals surface area (Å²) in [7, 11) is 20.0. The molecule has 2 rings (SSSR count). The van der Waals surface area contributed by atoms with Crippen LogP contribution in [-0.4, -0.2) is 30.7 Å². The van der Waals surface area contributed by atoms with Gasteiger partial charge in [0.15, 0.2) is 0 Å². The van der Waals surface area contributed by atoms with Crippen molar-refractivity contribution in [2.45, 2.75) is 25.7 Å². The van der Waals surface area contributed by atoms with Crippen LogP contribution in [-0.2, 0) is 12.8 Å². The Kier molecular flexibility index (Phi) is 5.94. The molecule has 0 unspecified atom stereocenters. The molecule has 0 amide bonds. The number of quaternary nitrogens is 1. The zero-order chi connectivity index (χ0) is 10.7. The summed E-state index contributed by atoms with van der Waals surface area (Å²) in [4.78, 5) is 0. The van der Waals surface area contributed by atoms with Crippen LogP contribution in [0.2, 0.25) is 0 Å². The van der Waals surface area contributed by atoms with Crippen LogP contribution in [0.5, 0.6) is 0 Å². The molecule has 1 spiro atoms. The Labute approximate surface area is 105 Å². The van der Waals surface area contributed by atoms with Crippen LogP contribution in [0, 0.1) is 0 Å². The molecule has 92 valence electrons. The van der Waals surface area contributed by atoms with Gasteiger partial charge in [0.2, 0.25) is 0 Å². The molecule has 0 aromatic rings. The van der Waals surface area contributed by atoms with E-state index in [1.54, 1.807) is 0 Å². The van der Waals surface area contributed by atoms with E-state index in [1.165, 1.54) is 56.3 Å². The van der Waals surface area contributed by atoms with Gasteiger partial charge in [0.05, 0.1) is 26.2 Å². The summed E-state index contributed by atoms with van der Waals surface area (Å²) >= 11 is -3.00. The first kappa shape index (κ1) is 13.9. The molecule has 0 radical (unpaired) electrons. The summed E-state index contributed by atoms with van der Waals surface area (Å²) in [5.74, 6) is 0. The first-order chi connectivity index (χ1) is 6.41. The summed E-state index contributed by atoms with van der Waals surface area (Å²) in [5.41, 5.74) is 0. The van der Waals surface area contributed by atoms with Crippen molar-refractivity contribution in [1.29, 1.82) is 0 Å². The molecule has 0 aromatic heterocycles. The topological polar surface area (TPSA) is 0 Å². The molecule has 2 aliphatic heterocycles. The van der Waals surface area contributed by atoms with Crippen molar-refractivity contribution in [2.75, 3.05) is 26.2 Å². The Balaban J connectivity index is 0.000000171. The predicted octanol–water partition coefficient (Wildman–Crippen LogP) is 4.15. The molecule has 0 saturated carbocycles. The van der Waals surface area contributed by atoms with Crippen LogP contribution in [0.25, 0.3) is 0 Å². The van der Waals surface area contributed by atoms with Crippen molar-refractivity contribution >= 4 is 36.8 Å². The third-order valence-electron chi connectivity index (χ3n) is 3.03. The maximum atomic E-state index is 5.00. The van der Waals surface area contributed by atoms with Gasteiger partial charge in [-0.1, -0.05) is 0 Å². The van der Waals surface area contributed by atoms with E-state index in [0.717, 1.165) is 0 Å². The number of hydrogen-bond donors (Lipinski definition) is 0. The van der Waals surface area contributed by atoms with E-state index in [0.29, 0.717) is 0 Å². The quantitative estimate of drug-likeness (QED) is 0.373. The van der Waals surface area contributed by atoms with Crippen molar-refractivity contribution in [2.24, 2.45) is 0 Å². The number of rotatable bonds is 0. The molecule has 0 aromatic carbocycles. The Morgan fingerprint density at radius 3 is 1.07 bits per heavy atom. The van der Waals surface area contributed by atoms with E-state index in [1.807, 2.05) is 0 Å². The Morgan fingerprint density at radius 1 is 0.643 bits per heavy atom. The molecule has 0 bridgehead atoms. The Bertz CT molecular complexity index is 147. The monoisotopic (exact) mass is 463 g/mol. The zero-order valence-corrected chi connectivity index (χ0v) is 13.1. The molecule has 2 heterocycles. The fourth-order valence-corrected chi connectivity index (χ4v) is 2.46. The second kappa shape index (κ2) is 5.97. The van der Waals surface area contributed by atoms with Gasteiger partial charge < -0.3 is 4.48 Å². The fourth-order valence-electron chi connectivity index (χ4n) is 2.46. The number of hydrogen-bond acceptors (Lipinski definition) is 0. The van der Waals surface area contributed by atoms with E-state index in [-0.39, 0.29) is 0 Å². The molecule has 6 heteroatoms. The zero-order valence-electron chi connectivity index (χ0n) is 7.92. The van der Waals surface area contributed by atoms with Crippen LogP contribution in [0.1, 0.15) is 25.7 Å². The first-order valence-corrected chi connectivity index (χ1v) is 15.5. The van der Waals surface area contributed by atoms with Gasteiger partial charge >= 0.3 is 49.6 Å². The molecule has 14 heavy (non-hydrogen) atoms. The summed E-state index contributed by atoms with van der Waals surface area (Å²) in [6.45, 7) is 6.00. The van der Waals surface area contributed by atoms with Gasteiger partial charge in [-0.05, 0) is 0 Å². The second-order valence-electron chi connectivity index (χ2n) is 3.91. The molecule has 2 saturated heterocycles. The number of halogens is 4. The predicted molar refractivity (Wildman–Crippen MR) is 61.6 cm³/mol. The molecule has 0 atom stereocenters. The Morgan fingerprint density at radius 2 is 0.857 bits per heavy atom. The van der Waals surface area contributed by atoms with Gasteiger partial charge in [-0.2, -0.15) is 0 Å². The summed E-state index contributed by atoms with van der Waals surface area (Å²) in [6.07, 6.45) is 6.00. The second-order valence-corrected chi connectivity index (χ2v) is 22.7. The van der Waals surface area contributed by atoms with E-state index >= 15 is 0 Å². The van der Waals surface area contributed by atoms with Gasteiger partial charge in [0.1, 0.15) is 0 Å². The van der Waals surface area contributed by atoms with Gasteiger partial charge in [-0.15, -0.1) is 0 Å². The van der Waals surface area contributed by atoms with Crippen molar-refractivity contribution in [3.8, 4) is 0 Å². The van der Waals surface area contributed by atoms with Crippen molar-refractivity contribution < 1.29 is 17.3 Å². The van der Waals surface area contributed by atoms with Crippen LogP contribution in [0.4, 0.5) is 0 Å².